The van der Waals surface area contributed by atoms with Crippen LogP contribution in [0.4, 0.5) is 5.82 Å². The fraction of sp³-hybridized carbons (Fsp3) is 0.375. The van der Waals surface area contributed by atoms with E-state index in [4.69, 9.17) is 9.47 Å². The van der Waals surface area contributed by atoms with Crippen LogP contribution in [0.2, 0.25) is 0 Å². The highest BCUT2D eigenvalue weighted by molar-refractivity contribution is 5.91. The number of aromatic amines is 1. The van der Waals surface area contributed by atoms with Crippen molar-refractivity contribution >= 4 is 11.7 Å². The predicted molar refractivity (Wildman–Crippen MR) is 84.4 cm³/mol. The molecule has 0 fully saturated rings. The number of rotatable bonds is 6. The van der Waals surface area contributed by atoms with E-state index < -0.39 is 0 Å². The van der Waals surface area contributed by atoms with E-state index in [0.717, 1.165) is 11.3 Å². The zero-order valence-electron chi connectivity index (χ0n) is 13.3. The van der Waals surface area contributed by atoms with Crippen LogP contribution in [-0.4, -0.2) is 30.3 Å². The van der Waals surface area contributed by atoms with Crippen LogP contribution in [0.5, 0.6) is 11.5 Å². The molecule has 0 aliphatic rings. The Kier molecular flexibility index (Phi) is 5.04. The molecule has 1 unspecified atom stereocenters. The van der Waals surface area contributed by atoms with E-state index in [2.05, 4.69) is 15.5 Å². The van der Waals surface area contributed by atoms with Crippen molar-refractivity contribution in [1.82, 2.24) is 10.2 Å². The Hall–Kier alpha value is -2.50. The summed E-state index contributed by atoms with van der Waals surface area (Å²) in [4.78, 5) is 12.2. The van der Waals surface area contributed by atoms with Crippen LogP contribution < -0.4 is 14.8 Å². The average Bonchev–Trinajstić information content (AvgIpc) is 2.92. The van der Waals surface area contributed by atoms with Gasteiger partial charge in [-0.1, -0.05) is 13.0 Å². The second-order valence-corrected chi connectivity index (χ2v) is 5.22. The first-order valence-corrected chi connectivity index (χ1v) is 7.07. The third kappa shape index (κ3) is 3.78. The lowest BCUT2D eigenvalue weighted by molar-refractivity contribution is -0.119. The first kappa shape index (κ1) is 15.9. The molecule has 1 atom stereocenters. The lowest BCUT2D eigenvalue weighted by Gasteiger charge is -2.13. The van der Waals surface area contributed by atoms with E-state index in [-0.39, 0.29) is 11.8 Å². The summed E-state index contributed by atoms with van der Waals surface area (Å²) < 4.78 is 10.5. The number of ether oxygens (including phenoxy) is 2. The number of methoxy groups -OCH3 is 2. The van der Waals surface area contributed by atoms with Crippen molar-refractivity contribution in [3.8, 4) is 11.5 Å². The smallest absolute Gasteiger partial charge is 0.228 e. The highest BCUT2D eigenvalue weighted by Gasteiger charge is 2.16. The van der Waals surface area contributed by atoms with Gasteiger partial charge in [0.2, 0.25) is 5.91 Å². The number of aryl methyl sites for hydroxylation is 1. The fourth-order valence-electron chi connectivity index (χ4n) is 2.19. The molecule has 1 aromatic heterocycles. The minimum Gasteiger partial charge on any atom is -0.493 e. The lowest BCUT2D eigenvalue weighted by Crippen LogP contribution is -2.22. The van der Waals surface area contributed by atoms with Crippen molar-refractivity contribution in [1.29, 1.82) is 0 Å². The number of amides is 1. The molecular formula is C16H21N3O3. The number of anilines is 1. The molecule has 1 amide bonds. The zero-order valence-corrected chi connectivity index (χ0v) is 13.3. The maximum Gasteiger partial charge on any atom is 0.228 e. The highest BCUT2D eigenvalue weighted by atomic mass is 16.5. The summed E-state index contributed by atoms with van der Waals surface area (Å²) in [6.45, 7) is 3.77. The molecule has 2 rings (SSSR count). The molecule has 0 bridgehead atoms. The summed E-state index contributed by atoms with van der Waals surface area (Å²) >= 11 is 0. The van der Waals surface area contributed by atoms with Gasteiger partial charge in [0.1, 0.15) is 0 Å². The number of carbonyl (C=O) groups excluding carboxylic acids is 1. The molecule has 1 heterocycles. The third-order valence-electron chi connectivity index (χ3n) is 3.39. The van der Waals surface area contributed by atoms with E-state index in [0.29, 0.717) is 23.7 Å². The van der Waals surface area contributed by atoms with E-state index >= 15 is 0 Å². The number of H-pyrrole nitrogens is 1. The minimum atomic E-state index is -0.185. The maximum atomic E-state index is 12.2. The summed E-state index contributed by atoms with van der Waals surface area (Å²) in [6, 6.07) is 7.46. The fourth-order valence-corrected chi connectivity index (χ4v) is 2.19. The molecule has 6 nitrogen and oxygen atoms in total. The molecule has 0 aliphatic carbocycles. The Morgan fingerprint density at radius 1 is 1.27 bits per heavy atom. The second-order valence-electron chi connectivity index (χ2n) is 5.22. The monoisotopic (exact) mass is 303 g/mol. The number of hydrogen-bond donors (Lipinski definition) is 2. The van der Waals surface area contributed by atoms with Crippen LogP contribution >= 0.6 is 0 Å². The van der Waals surface area contributed by atoms with Gasteiger partial charge in [0, 0.05) is 17.7 Å². The Balaban J connectivity index is 2.01. The predicted octanol–water partition coefficient (Wildman–Crippen LogP) is 2.55. The molecule has 0 radical (unpaired) electrons. The zero-order chi connectivity index (χ0) is 16.1. The van der Waals surface area contributed by atoms with Crippen molar-refractivity contribution < 1.29 is 14.3 Å². The van der Waals surface area contributed by atoms with Crippen LogP contribution in [0.3, 0.4) is 0 Å². The number of hydrogen-bond acceptors (Lipinski definition) is 4. The second kappa shape index (κ2) is 6.98. The first-order chi connectivity index (χ1) is 10.5. The largest absolute Gasteiger partial charge is 0.493 e. The van der Waals surface area contributed by atoms with Gasteiger partial charge in [-0.15, -0.1) is 0 Å². The van der Waals surface area contributed by atoms with Crippen LogP contribution in [0.1, 0.15) is 18.2 Å². The first-order valence-electron chi connectivity index (χ1n) is 7.07. The van der Waals surface area contributed by atoms with Gasteiger partial charge in [0.05, 0.1) is 14.2 Å². The van der Waals surface area contributed by atoms with Crippen LogP contribution in [0.15, 0.2) is 24.3 Å². The topological polar surface area (TPSA) is 76.2 Å². The van der Waals surface area contributed by atoms with Crippen molar-refractivity contribution in [2.45, 2.75) is 20.3 Å². The normalized spacial score (nSPS) is 11.8. The Morgan fingerprint density at radius 3 is 2.59 bits per heavy atom. The molecule has 0 aliphatic heterocycles. The summed E-state index contributed by atoms with van der Waals surface area (Å²) in [5, 5.41) is 9.59. The van der Waals surface area contributed by atoms with Gasteiger partial charge in [-0.25, -0.2) is 0 Å². The van der Waals surface area contributed by atoms with E-state index in [1.807, 2.05) is 32.0 Å². The van der Waals surface area contributed by atoms with Gasteiger partial charge < -0.3 is 14.8 Å². The summed E-state index contributed by atoms with van der Waals surface area (Å²) in [5.41, 5.74) is 1.92. The number of benzene rings is 1. The molecule has 0 saturated heterocycles. The van der Waals surface area contributed by atoms with Gasteiger partial charge >= 0.3 is 0 Å². The van der Waals surface area contributed by atoms with Crippen molar-refractivity contribution in [2.75, 3.05) is 19.5 Å². The van der Waals surface area contributed by atoms with E-state index in [9.17, 15) is 4.79 Å². The number of carbonyl (C=O) groups is 1. The molecule has 0 saturated carbocycles. The Morgan fingerprint density at radius 2 is 2.00 bits per heavy atom. The Labute approximate surface area is 129 Å². The number of nitrogens with zero attached hydrogens (tertiary/aromatic N) is 1. The maximum absolute atomic E-state index is 12.2. The average molecular weight is 303 g/mol. The lowest BCUT2D eigenvalue weighted by atomic mass is 10.00. The molecule has 6 heteroatoms. The minimum absolute atomic E-state index is 0.0683. The highest BCUT2D eigenvalue weighted by Crippen LogP contribution is 2.28. The number of nitrogens with one attached hydrogen (secondary N) is 2. The Bertz CT molecular complexity index is 652. The van der Waals surface area contributed by atoms with Gasteiger partial charge in [-0.2, -0.15) is 5.10 Å². The summed E-state index contributed by atoms with van der Waals surface area (Å²) in [7, 11) is 3.19. The number of aromatic nitrogens is 2. The molecule has 0 spiro atoms. The quantitative estimate of drug-likeness (QED) is 0.860. The van der Waals surface area contributed by atoms with Crippen molar-refractivity contribution in [2.24, 2.45) is 5.92 Å². The molecular weight excluding hydrogens is 282 g/mol. The van der Waals surface area contributed by atoms with E-state index in [1.54, 1.807) is 20.3 Å². The van der Waals surface area contributed by atoms with Gasteiger partial charge in [0.15, 0.2) is 17.3 Å². The molecule has 2 aromatic rings. The van der Waals surface area contributed by atoms with Crippen LogP contribution in [0.25, 0.3) is 0 Å². The van der Waals surface area contributed by atoms with Crippen LogP contribution in [0, 0.1) is 12.8 Å². The van der Waals surface area contributed by atoms with Crippen molar-refractivity contribution in [3.63, 3.8) is 0 Å². The van der Waals surface area contributed by atoms with Gasteiger partial charge in [-0.05, 0) is 31.0 Å². The van der Waals surface area contributed by atoms with Crippen molar-refractivity contribution in [3.05, 3.63) is 35.5 Å². The summed E-state index contributed by atoms with van der Waals surface area (Å²) in [6.07, 6.45) is 0.607. The van der Waals surface area contributed by atoms with E-state index in [1.165, 1.54) is 0 Å². The standard InChI is InChI=1S/C16H21N3O3/c1-10(16(20)17-15-8-11(2)18-19-15)7-12-5-6-13(21-3)14(9-12)22-4/h5-6,8-10H,7H2,1-4H3,(H2,17,18,19,20). The molecule has 2 N–H and O–H groups in total. The van der Waals surface area contributed by atoms with Crippen LogP contribution in [-0.2, 0) is 11.2 Å². The summed E-state index contributed by atoms with van der Waals surface area (Å²) in [5.74, 6) is 1.63. The molecule has 118 valence electrons. The molecule has 1 aromatic carbocycles. The van der Waals surface area contributed by atoms with Gasteiger partial charge in [0.25, 0.3) is 0 Å². The van der Waals surface area contributed by atoms with Gasteiger partial charge in [-0.3, -0.25) is 9.89 Å². The molecule has 22 heavy (non-hydrogen) atoms. The SMILES string of the molecule is COc1ccc(CC(C)C(=O)Nc2cc(C)[nH]n2)cc1OC. The third-order valence-corrected chi connectivity index (χ3v) is 3.39.